The van der Waals surface area contributed by atoms with E-state index in [1.165, 1.54) is 13.1 Å². The molecule has 1 aliphatic rings. The second-order valence-electron chi connectivity index (χ2n) is 4.41. The predicted octanol–water partition coefficient (Wildman–Crippen LogP) is 0.705. The Morgan fingerprint density at radius 2 is 1.86 bits per heavy atom. The van der Waals surface area contributed by atoms with Crippen LogP contribution in [0.4, 0.5) is 4.79 Å². The Balaban J connectivity index is 2.28. The molecule has 108 valence electrons. The molecule has 1 heterocycles. The second-order valence-corrected chi connectivity index (χ2v) is 4.41. The van der Waals surface area contributed by atoms with E-state index in [9.17, 15) is 19.2 Å². The molecule has 1 fully saturated rings. The minimum atomic E-state index is -1.10. The largest absolute Gasteiger partial charge is 0.478 e. The Bertz CT molecular complexity index is 665. The van der Waals surface area contributed by atoms with Crippen LogP contribution < -0.4 is 0 Å². The summed E-state index contributed by atoms with van der Waals surface area (Å²) in [5, 5.41) is 8.65. The van der Waals surface area contributed by atoms with Crippen LogP contribution in [0.3, 0.4) is 0 Å². The van der Waals surface area contributed by atoms with Crippen molar-refractivity contribution in [1.29, 1.82) is 0 Å². The van der Waals surface area contributed by atoms with Crippen molar-refractivity contribution >= 4 is 29.9 Å². The zero-order chi connectivity index (χ0) is 15.6. The number of carboxylic acid groups (broad SMARTS) is 1. The van der Waals surface area contributed by atoms with Crippen LogP contribution in [0.2, 0.25) is 0 Å². The zero-order valence-corrected chi connectivity index (χ0v) is 11.1. The lowest BCUT2D eigenvalue weighted by atomic mass is 10.1. The number of likely N-dealkylation sites (N-methyl/N-ethyl adjacent to an activating group) is 1. The van der Waals surface area contributed by atoms with Crippen molar-refractivity contribution in [3.63, 3.8) is 0 Å². The maximum atomic E-state index is 11.8. The van der Waals surface area contributed by atoms with E-state index < -0.39 is 23.8 Å². The normalized spacial score (nSPS) is 15.4. The Hall–Kier alpha value is -2.96. The van der Waals surface area contributed by atoms with E-state index in [-0.39, 0.29) is 6.54 Å². The zero-order valence-electron chi connectivity index (χ0n) is 11.1. The molecular weight excluding hydrogens is 276 g/mol. The molecule has 7 heteroatoms. The van der Waals surface area contributed by atoms with Crippen molar-refractivity contribution in [1.82, 2.24) is 9.80 Å². The van der Waals surface area contributed by atoms with Crippen molar-refractivity contribution in [2.45, 2.75) is 6.54 Å². The fraction of sp³-hybridized carbons (Fsp3) is 0.143. The van der Waals surface area contributed by atoms with E-state index in [1.54, 1.807) is 24.3 Å². The van der Waals surface area contributed by atoms with E-state index in [1.807, 2.05) is 0 Å². The van der Waals surface area contributed by atoms with Crippen LogP contribution in [0, 0.1) is 0 Å². The van der Waals surface area contributed by atoms with Crippen LogP contribution in [0.25, 0.3) is 6.08 Å². The molecule has 7 nitrogen and oxygen atoms in total. The molecular formula is C14H12N2O5. The first kappa shape index (κ1) is 14.4. The fourth-order valence-electron chi connectivity index (χ4n) is 1.93. The number of amides is 4. The summed E-state index contributed by atoms with van der Waals surface area (Å²) >= 11 is 0. The SMILES string of the molecule is CN1C(=O)C(=O)N(Cc2ccccc2C=CC(=O)O)C1=O. The lowest BCUT2D eigenvalue weighted by molar-refractivity contribution is -0.143. The monoisotopic (exact) mass is 288 g/mol. The summed E-state index contributed by atoms with van der Waals surface area (Å²) in [6.45, 7) is -0.0894. The van der Waals surface area contributed by atoms with Gasteiger partial charge in [-0.05, 0) is 17.2 Å². The molecule has 1 saturated heterocycles. The number of nitrogens with zero attached hydrogens (tertiary/aromatic N) is 2. The van der Waals surface area contributed by atoms with Gasteiger partial charge in [0.15, 0.2) is 0 Å². The van der Waals surface area contributed by atoms with Crippen molar-refractivity contribution < 1.29 is 24.3 Å². The lowest BCUT2D eigenvalue weighted by Crippen LogP contribution is -2.31. The molecule has 1 aromatic carbocycles. The number of urea groups is 1. The number of rotatable bonds is 4. The summed E-state index contributed by atoms with van der Waals surface area (Å²) in [7, 11) is 1.23. The second kappa shape index (κ2) is 5.58. The van der Waals surface area contributed by atoms with Gasteiger partial charge >= 0.3 is 23.8 Å². The summed E-state index contributed by atoms with van der Waals surface area (Å²) < 4.78 is 0. The molecule has 0 aliphatic carbocycles. The highest BCUT2D eigenvalue weighted by molar-refractivity contribution is 6.44. The first-order chi connectivity index (χ1) is 9.91. The number of carbonyl (C=O) groups excluding carboxylic acids is 3. The topological polar surface area (TPSA) is 95.0 Å². The summed E-state index contributed by atoms with van der Waals surface area (Å²) in [6, 6.07) is 6.03. The van der Waals surface area contributed by atoms with Crippen LogP contribution >= 0.6 is 0 Å². The molecule has 0 bridgehead atoms. The molecule has 21 heavy (non-hydrogen) atoms. The Kier molecular flexibility index (Phi) is 3.84. The molecule has 0 atom stereocenters. The number of hydrogen-bond donors (Lipinski definition) is 1. The number of carbonyl (C=O) groups is 4. The van der Waals surface area contributed by atoms with Gasteiger partial charge in [0.2, 0.25) is 0 Å². The van der Waals surface area contributed by atoms with Gasteiger partial charge in [-0.2, -0.15) is 0 Å². The van der Waals surface area contributed by atoms with E-state index in [2.05, 4.69) is 0 Å². The molecule has 0 aromatic heterocycles. The quantitative estimate of drug-likeness (QED) is 0.500. The average Bonchev–Trinajstić information content (AvgIpc) is 2.64. The van der Waals surface area contributed by atoms with Gasteiger partial charge in [-0.1, -0.05) is 24.3 Å². The van der Waals surface area contributed by atoms with Crippen LogP contribution in [0.5, 0.6) is 0 Å². The molecule has 0 radical (unpaired) electrons. The smallest absolute Gasteiger partial charge is 0.334 e. The summed E-state index contributed by atoms with van der Waals surface area (Å²) in [5.41, 5.74) is 1.13. The fourth-order valence-corrected chi connectivity index (χ4v) is 1.93. The number of aliphatic carboxylic acids is 1. The molecule has 0 saturated carbocycles. The highest BCUT2D eigenvalue weighted by Crippen LogP contribution is 2.18. The Morgan fingerprint density at radius 1 is 1.19 bits per heavy atom. The van der Waals surface area contributed by atoms with Gasteiger partial charge in [-0.3, -0.25) is 19.4 Å². The van der Waals surface area contributed by atoms with Gasteiger partial charge < -0.3 is 5.11 Å². The standard InChI is InChI=1S/C14H12N2O5/c1-15-12(19)13(20)16(14(15)21)8-10-5-3-2-4-9(10)6-7-11(17)18/h2-7H,8H2,1H3,(H,17,18). The summed E-state index contributed by atoms with van der Waals surface area (Å²) in [6.07, 6.45) is 2.33. The van der Waals surface area contributed by atoms with Gasteiger partial charge in [0, 0.05) is 13.1 Å². The Morgan fingerprint density at radius 3 is 2.43 bits per heavy atom. The van der Waals surface area contributed by atoms with E-state index >= 15 is 0 Å². The maximum Gasteiger partial charge on any atom is 0.334 e. The first-order valence-corrected chi connectivity index (χ1v) is 6.04. The highest BCUT2D eigenvalue weighted by atomic mass is 16.4. The summed E-state index contributed by atoms with van der Waals surface area (Å²) in [4.78, 5) is 47.1. The molecule has 2 rings (SSSR count). The van der Waals surface area contributed by atoms with Gasteiger partial charge in [0.25, 0.3) is 0 Å². The highest BCUT2D eigenvalue weighted by Gasteiger charge is 2.42. The van der Waals surface area contributed by atoms with Crippen molar-refractivity contribution in [3.8, 4) is 0 Å². The predicted molar refractivity (Wildman–Crippen MR) is 71.8 cm³/mol. The van der Waals surface area contributed by atoms with Crippen molar-refractivity contribution in [2.24, 2.45) is 0 Å². The van der Waals surface area contributed by atoms with Crippen LogP contribution in [0.15, 0.2) is 30.3 Å². The third-order valence-electron chi connectivity index (χ3n) is 3.04. The van der Waals surface area contributed by atoms with Crippen LogP contribution in [-0.4, -0.2) is 45.8 Å². The molecule has 0 unspecified atom stereocenters. The third kappa shape index (κ3) is 2.81. The molecule has 4 amide bonds. The number of carboxylic acids is 1. The number of imide groups is 2. The van der Waals surface area contributed by atoms with E-state index in [0.29, 0.717) is 11.1 Å². The third-order valence-corrected chi connectivity index (χ3v) is 3.04. The average molecular weight is 288 g/mol. The van der Waals surface area contributed by atoms with Gasteiger partial charge in [0.05, 0.1) is 6.54 Å². The minimum Gasteiger partial charge on any atom is -0.478 e. The molecule has 1 aliphatic heterocycles. The van der Waals surface area contributed by atoms with Crippen LogP contribution in [-0.2, 0) is 20.9 Å². The first-order valence-electron chi connectivity index (χ1n) is 6.04. The molecule has 0 spiro atoms. The van der Waals surface area contributed by atoms with Gasteiger partial charge in [-0.15, -0.1) is 0 Å². The maximum absolute atomic E-state index is 11.8. The Labute approximate surface area is 120 Å². The van der Waals surface area contributed by atoms with Crippen molar-refractivity contribution in [3.05, 3.63) is 41.5 Å². The van der Waals surface area contributed by atoms with Gasteiger partial charge in [0.1, 0.15) is 0 Å². The van der Waals surface area contributed by atoms with Crippen LogP contribution in [0.1, 0.15) is 11.1 Å². The lowest BCUT2D eigenvalue weighted by Gasteiger charge is -2.14. The molecule has 1 aromatic rings. The van der Waals surface area contributed by atoms with E-state index in [4.69, 9.17) is 5.11 Å². The van der Waals surface area contributed by atoms with Crippen molar-refractivity contribution in [2.75, 3.05) is 7.05 Å². The molecule has 1 N–H and O–H groups in total. The summed E-state index contributed by atoms with van der Waals surface area (Å²) in [5.74, 6) is -2.87. The number of hydrogen-bond acceptors (Lipinski definition) is 4. The minimum absolute atomic E-state index is 0.0894. The van der Waals surface area contributed by atoms with Gasteiger partial charge in [-0.25, -0.2) is 9.59 Å². The number of benzene rings is 1. The van der Waals surface area contributed by atoms with E-state index in [0.717, 1.165) is 15.9 Å².